The molecule has 0 bridgehead atoms. The number of ether oxygens (including phenoxy) is 3. The number of benzene rings is 3. The van der Waals surface area contributed by atoms with Crippen LogP contribution in [0.2, 0.25) is 0 Å². The van der Waals surface area contributed by atoms with Crippen LogP contribution in [-0.4, -0.2) is 24.9 Å². The molecule has 0 unspecified atom stereocenters. The van der Waals surface area contributed by atoms with Gasteiger partial charge in [0.05, 0.1) is 26.0 Å². The lowest BCUT2D eigenvalue weighted by Crippen LogP contribution is -2.33. The molecule has 146 valence electrons. The van der Waals surface area contributed by atoms with Crippen LogP contribution in [0.5, 0.6) is 17.2 Å². The van der Waals surface area contributed by atoms with Gasteiger partial charge in [0, 0.05) is 29.2 Å². The third-order valence-electron chi connectivity index (χ3n) is 5.50. The van der Waals surface area contributed by atoms with Crippen LogP contribution in [0.25, 0.3) is 0 Å². The van der Waals surface area contributed by atoms with Crippen LogP contribution in [-0.2, 0) is 0 Å². The summed E-state index contributed by atoms with van der Waals surface area (Å²) < 4.78 is 17.3. The largest absolute Gasteiger partial charge is 0.497 e. The maximum atomic E-state index is 6.38. The second-order valence-corrected chi connectivity index (χ2v) is 7.13. The van der Waals surface area contributed by atoms with Gasteiger partial charge in [-0.2, -0.15) is 5.10 Å². The van der Waals surface area contributed by atoms with Crippen LogP contribution < -0.4 is 14.2 Å². The molecule has 0 radical (unpaired) electrons. The predicted molar refractivity (Wildman–Crippen MR) is 112 cm³/mol. The number of para-hydroxylation sites is 1. The normalized spacial score (nSPS) is 19.7. The van der Waals surface area contributed by atoms with E-state index in [9.17, 15) is 0 Å². The molecule has 0 N–H and O–H groups in total. The fourth-order valence-electron chi connectivity index (χ4n) is 4.07. The number of fused-ring (bicyclic) bond motifs is 3. The summed E-state index contributed by atoms with van der Waals surface area (Å²) in [5, 5.41) is 7.09. The number of rotatable bonds is 4. The number of hydrazone groups is 1. The van der Waals surface area contributed by atoms with Crippen molar-refractivity contribution in [2.75, 3.05) is 14.2 Å². The van der Waals surface area contributed by atoms with E-state index in [1.807, 2.05) is 48.5 Å². The summed E-state index contributed by atoms with van der Waals surface area (Å²) in [4.78, 5) is 0. The summed E-state index contributed by atoms with van der Waals surface area (Å²) in [5.74, 6) is 2.44. The fraction of sp³-hybridized carbons (Fsp3) is 0.208. The van der Waals surface area contributed by atoms with Gasteiger partial charge in [0.1, 0.15) is 17.2 Å². The molecular weight excluding hydrogens is 364 g/mol. The smallest absolute Gasteiger partial charge is 0.213 e. The van der Waals surface area contributed by atoms with Gasteiger partial charge in [-0.1, -0.05) is 48.5 Å². The molecule has 5 nitrogen and oxygen atoms in total. The van der Waals surface area contributed by atoms with Crippen molar-refractivity contribution in [3.05, 3.63) is 89.5 Å². The van der Waals surface area contributed by atoms with Crippen molar-refractivity contribution < 1.29 is 14.2 Å². The molecule has 0 aromatic heterocycles. The van der Waals surface area contributed by atoms with Crippen molar-refractivity contribution in [1.82, 2.24) is 5.01 Å². The first-order chi connectivity index (χ1) is 14.3. The molecule has 0 spiro atoms. The molecule has 0 aliphatic carbocycles. The molecule has 2 atom stereocenters. The maximum Gasteiger partial charge on any atom is 0.213 e. The topological polar surface area (TPSA) is 43.3 Å². The highest BCUT2D eigenvalue weighted by atomic mass is 16.5. The summed E-state index contributed by atoms with van der Waals surface area (Å²) >= 11 is 0. The van der Waals surface area contributed by atoms with Crippen molar-refractivity contribution in [2.45, 2.75) is 18.7 Å². The second kappa shape index (κ2) is 7.17. The van der Waals surface area contributed by atoms with Crippen LogP contribution >= 0.6 is 0 Å². The number of hydrogen-bond donors (Lipinski definition) is 0. The van der Waals surface area contributed by atoms with E-state index in [2.05, 4.69) is 29.3 Å². The van der Waals surface area contributed by atoms with E-state index in [0.717, 1.165) is 46.1 Å². The quantitative estimate of drug-likeness (QED) is 0.637. The highest BCUT2D eigenvalue weighted by molar-refractivity contribution is 6.04. The van der Waals surface area contributed by atoms with E-state index < -0.39 is 0 Å². The minimum Gasteiger partial charge on any atom is -0.497 e. The van der Waals surface area contributed by atoms with Crippen molar-refractivity contribution in [1.29, 1.82) is 0 Å². The first-order valence-electron chi connectivity index (χ1n) is 9.67. The number of methoxy groups -OCH3 is 2. The molecule has 3 aromatic rings. The van der Waals surface area contributed by atoms with Gasteiger partial charge in [0.25, 0.3) is 0 Å². The minimum atomic E-state index is -0.266. The zero-order chi connectivity index (χ0) is 19.8. The molecule has 0 saturated carbocycles. The molecule has 5 heteroatoms. The SMILES string of the molecule is COc1ccc(C2=NN3[C@H](C2)c2ccccc2O[C@@H]3c2ccccc2)c(OC)c1. The lowest BCUT2D eigenvalue weighted by atomic mass is 9.95. The fourth-order valence-corrected chi connectivity index (χ4v) is 4.07. The molecule has 0 fully saturated rings. The van der Waals surface area contributed by atoms with E-state index in [0.29, 0.717) is 0 Å². The Hall–Kier alpha value is -3.47. The molecule has 0 amide bonds. The van der Waals surface area contributed by atoms with Gasteiger partial charge in [-0.05, 0) is 18.2 Å². The molecular formula is C24H22N2O3. The van der Waals surface area contributed by atoms with Crippen LogP contribution in [0.3, 0.4) is 0 Å². The van der Waals surface area contributed by atoms with Crippen LogP contribution in [0.4, 0.5) is 0 Å². The molecule has 5 rings (SSSR count). The highest BCUT2D eigenvalue weighted by Gasteiger charge is 2.41. The van der Waals surface area contributed by atoms with Crippen molar-refractivity contribution in [3.63, 3.8) is 0 Å². The third-order valence-corrected chi connectivity index (χ3v) is 5.50. The molecule has 2 aliphatic heterocycles. The average Bonchev–Trinajstić information content (AvgIpc) is 3.24. The van der Waals surface area contributed by atoms with E-state index in [1.165, 1.54) is 0 Å². The summed E-state index contributed by atoms with van der Waals surface area (Å²) in [6.45, 7) is 0. The van der Waals surface area contributed by atoms with Crippen LogP contribution in [0, 0.1) is 0 Å². The summed E-state index contributed by atoms with van der Waals surface area (Å²) in [6.07, 6.45) is 0.518. The summed E-state index contributed by atoms with van der Waals surface area (Å²) in [7, 11) is 3.33. The van der Waals surface area contributed by atoms with E-state index >= 15 is 0 Å². The van der Waals surface area contributed by atoms with Crippen LogP contribution in [0.15, 0.2) is 77.9 Å². The lowest BCUT2D eigenvalue weighted by molar-refractivity contribution is -0.0190. The van der Waals surface area contributed by atoms with Gasteiger partial charge in [0.2, 0.25) is 6.23 Å². The van der Waals surface area contributed by atoms with Crippen molar-refractivity contribution >= 4 is 5.71 Å². The first-order valence-corrected chi connectivity index (χ1v) is 9.67. The van der Waals surface area contributed by atoms with Gasteiger partial charge in [-0.25, -0.2) is 5.01 Å². The predicted octanol–water partition coefficient (Wildman–Crippen LogP) is 4.95. The van der Waals surface area contributed by atoms with Crippen molar-refractivity contribution in [2.24, 2.45) is 5.10 Å². The Balaban J connectivity index is 1.59. The molecule has 2 heterocycles. The monoisotopic (exact) mass is 386 g/mol. The summed E-state index contributed by atoms with van der Waals surface area (Å²) in [6, 6.07) is 24.4. The Morgan fingerprint density at radius 1 is 0.931 bits per heavy atom. The minimum absolute atomic E-state index is 0.118. The van der Waals surface area contributed by atoms with E-state index in [1.54, 1.807) is 14.2 Å². The zero-order valence-electron chi connectivity index (χ0n) is 16.4. The van der Waals surface area contributed by atoms with Crippen molar-refractivity contribution in [3.8, 4) is 17.2 Å². The molecule has 0 saturated heterocycles. The Morgan fingerprint density at radius 3 is 2.52 bits per heavy atom. The van der Waals surface area contributed by atoms with Gasteiger partial charge in [-0.3, -0.25) is 0 Å². The van der Waals surface area contributed by atoms with E-state index in [4.69, 9.17) is 19.3 Å². The van der Waals surface area contributed by atoms with Gasteiger partial charge in [0.15, 0.2) is 0 Å². The second-order valence-electron chi connectivity index (χ2n) is 7.13. The lowest BCUT2D eigenvalue weighted by Gasteiger charge is -2.38. The molecule has 2 aliphatic rings. The average molecular weight is 386 g/mol. The number of hydrogen-bond acceptors (Lipinski definition) is 5. The first kappa shape index (κ1) is 17.6. The number of nitrogens with zero attached hydrogens (tertiary/aromatic N) is 2. The Kier molecular flexibility index (Phi) is 4.35. The Labute approximate surface area is 170 Å². The highest BCUT2D eigenvalue weighted by Crippen LogP contribution is 2.48. The maximum absolute atomic E-state index is 6.38. The van der Waals surface area contributed by atoms with Gasteiger partial charge in [-0.15, -0.1) is 0 Å². The molecule has 29 heavy (non-hydrogen) atoms. The zero-order valence-corrected chi connectivity index (χ0v) is 16.4. The molecule has 3 aromatic carbocycles. The van der Waals surface area contributed by atoms with Gasteiger partial charge >= 0.3 is 0 Å². The summed E-state index contributed by atoms with van der Waals surface area (Å²) in [5.41, 5.74) is 4.20. The van der Waals surface area contributed by atoms with Gasteiger partial charge < -0.3 is 14.2 Å². The van der Waals surface area contributed by atoms with Crippen LogP contribution in [0.1, 0.15) is 35.4 Å². The Morgan fingerprint density at radius 2 is 1.72 bits per heavy atom. The Bertz CT molecular complexity index is 1060. The standard InChI is InChI=1S/C24H22N2O3/c1-27-17-12-13-18(23(14-17)28-2)20-15-21-19-10-6-7-11-22(19)29-24(26(21)25-20)16-8-4-3-5-9-16/h3-14,21,24H,15H2,1-2H3/t21-,24-/m1/s1. The van der Waals surface area contributed by atoms with E-state index in [-0.39, 0.29) is 12.3 Å². The third kappa shape index (κ3) is 2.99.